The number of carbonyl (C=O) groups is 3. The van der Waals surface area contributed by atoms with Crippen LogP contribution in [0.2, 0.25) is 0 Å². The highest BCUT2D eigenvalue weighted by Crippen LogP contribution is 2.30. The Morgan fingerprint density at radius 1 is 1.00 bits per heavy atom. The zero-order valence-electron chi connectivity index (χ0n) is 15.5. The summed E-state index contributed by atoms with van der Waals surface area (Å²) >= 11 is 0. The molecule has 1 fully saturated rings. The Hall–Kier alpha value is -3.15. The van der Waals surface area contributed by atoms with Gasteiger partial charge in [-0.3, -0.25) is 14.4 Å². The number of amides is 3. The summed E-state index contributed by atoms with van der Waals surface area (Å²) in [5.41, 5.74) is 2.81. The molecule has 3 amide bonds. The minimum Gasteiger partial charge on any atom is -0.332 e. The summed E-state index contributed by atoms with van der Waals surface area (Å²) in [6.45, 7) is 1.91. The van der Waals surface area contributed by atoms with Crippen LogP contribution in [0.25, 0.3) is 0 Å². The molecule has 0 unspecified atom stereocenters. The monoisotopic (exact) mass is 365 g/mol. The van der Waals surface area contributed by atoms with Gasteiger partial charge in [0.1, 0.15) is 0 Å². The number of nitrogens with zero attached hydrogens (tertiary/aromatic N) is 1. The van der Waals surface area contributed by atoms with Gasteiger partial charge < -0.3 is 15.5 Å². The minimum atomic E-state index is -0.281. The fraction of sp³-hybridized carbons (Fsp3) is 0.286. The van der Waals surface area contributed by atoms with Gasteiger partial charge in [-0.1, -0.05) is 23.8 Å². The first-order valence-electron chi connectivity index (χ1n) is 8.95. The largest absolute Gasteiger partial charge is 0.332 e. The first-order valence-corrected chi connectivity index (χ1v) is 8.95. The van der Waals surface area contributed by atoms with Gasteiger partial charge in [0.25, 0.3) is 5.91 Å². The average Bonchev–Trinajstić information content (AvgIpc) is 3.48. The SMILES string of the molecule is Cc1ccc(NC(=O)CN(C)C(=O)c2cccc(NC(=O)C3CC3)c2)cc1. The lowest BCUT2D eigenvalue weighted by molar-refractivity contribution is -0.117. The molecule has 0 spiro atoms. The van der Waals surface area contributed by atoms with E-state index in [-0.39, 0.29) is 30.2 Å². The quantitative estimate of drug-likeness (QED) is 0.826. The fourth-order valence-electron chi connectivity index (χ4n) is 2.66. The third kappa shape index (κ3) is 5.17. The van der Waals surface area contributed by atoms with E-state index in [1.807, 2.05) is 31.2 Å². The van der Waals surface area contributed by atoms with Gasteiger partial charge in [0.2, 0.25) is 11.8 Å². The minimum absolute atomic E-state index is 0.00886. The Kier molecular flexibility index (Phi) is 5.54. The van der Waals surface area contributed by atoms with Crippen LogP contribution in [0.3, 0.4) is 0 Å². The Balaban J connectivity index is 1.58. The first kappa shape index (κ1) is 18.6. The zero-order chi connectivity index (χ0) is 19.4. The molecule has 6 heteroatoms. The van der Waals surface area contributed by atoms with E-state index in [9.17, 15) is 14.4 Å². The second kappa shape index (κ2) is 8.03. The number of hydrogen-bond donors (Lipinski definition) is 2. The summed E-state index contributed by atoms with van der Waals surface area (Å²) in [5.74, 6) is -0.465. The molecule has 140 valence electrons. The first-order chi connectivity index (χ1) is 12.9. The molecule has 0 bridgehead atoms. The number of hydrogen-bond acceptors (Lipinski definition) is 3. The molecule has 1 aliphatic carbocycles. The average molecular weight is 365 g/mol. The van der Waals surface area contributed by atoms with Gasteiger partial charge in [0.15, 0.2) is 0 Å². The molecule has 0 aliphatic heterocycles. The summed E-state index contributed by atoms with van der Waals surface area (Å²) in [4.78, 5) is 38.0. The highest BCUT2D eigenvalue weighted by Gasteiger charge is 2.29. The van der Waals surface area contributed by atoms with Gasteiger partial charge in [0, 0.05) is 29.9 Å². The molecule has 2 aromatic rings. The molecule has 0 heterocycles. The summed E-state index contributed by atoms with van der Waals surface area (Å²) in [6, 6.07) is 14.2. The molecule has 3 rings (SSSR count). The molecule has 27 heavy (non-hydrogen) atoms. The van der Waals surface area contributed by atoms with Gasteiger partial charge in [0.05, 0.1) is 6.54 Å². The van der Waals surface area contributed by atoms with Crippen molar-refractivity contribution in [1.82, 2.24) is 4.90 Å². The molecule has 2 aromatic carbocycles. The van der Waals surface area contributed by atoms with E-state index in [1.54, 1.807) is 31.3 Å². The maximum Gasteiger partial charge on any atom is 0.254 e. The molecular weight excluding hydrogens is 342 g/mol. The lowest BCUT2D eigenvalue weighted by Crippen LogP contribution is -2.35. The van der Waals surface area contributed by atoms with Crippen LogP contribution >= 0.6 is 0 Å². The third-order valence-corrected chi connectivity index (χ3v) is 4.39. The van der Waals surface area contributed by atoms with E-state index in [4.69, 9.17) is 0 Å². The van der Waals surface area contributed by atoms with Gasteiger partial charge in [-0.25, -0.2) is 0 Å². The molecule has 1 aliphatic rings. The maximum absolute atomic E-state index is 12.6. The van der Waals surface area contributed by atoms with Crippen molar-refractivity contribution >= 4 is 29.1 Å². The van der Waals surface area contributed by atoms with E-state index in [0.29, 0.717) is 16.9 Å². The summed E-state index contributed by atoms with van der Waals surface area (Å²) in [5, 5.41) is 5.60. The molecule has 0 radical (unpaired) electrons. The maximum atomic E-state index is 12.6. The van der Waals surface area contributed by atoms with Crippen LogP contribution in [-0.4, -0.2) is 36.2 Å². The third-order valence-electron chi connectivity index (χ3n) is 4.39. The van der Waals surface area contributed by atoms with Crippen molar-refractivity contribution < 1.29 is 14.4 Å². The highest BCUT2D eigenvalue weighted by molar-refractivity contribution is 6.00. The topological polar surface area (TPSA) is 78.5 Å². The predicted octanol–water partition coefficient (Wildman–Crippen LogP) is 3.05. The Morgan fingerprint density at radius 3 is 2.37 bits per heavy atom. The van der Waals surface area contributed by atoms with Gasteiger partial charge in [-0.15, -0.1) is 0 Å². The lowest BCUT2D eigenvalue weighted by Gasteiger charge is -2.17. The normalized spacial score (nSPS) is 13.0. The number of benzene rings is 2. The summed E-state index contributed by atoms with van der Waals surface area (Å²) in [7, 11) is 1.58. The second-order valence-electron chi connectivity index (χ2n) is 6.92. The Morgan fingerprint density at radius 2 is 1.70 bits per heavy atom. The number of rotatable bonds is 6. The zero-order valence-corrected chi connectivity index (χ0v) is 15.5. The number of nitrogens with one attached hydrogen (secondary N) is 2. The van der Waals surface area contributed by atoms with E-state index in [2.05, 4.69) is 10.6 Å². The fourth-order valence-corrected chi connectivity index (χ4v) is 2.66. The Bertz CT molecular complexity index is 857. The van der Waals surface area contributed by atoms with Gasteiger partial charge >= 0.3 is 0 Å². The molecule has 2 N–H and O–H groups in total. The standard InChI is InChI=1S/C21H23N3O3/c1-14-6-10-17(11-7-14)22-19(25)13-24(2)21(27)16-4-3-5-18(12-16)23-20(26)15-8-9-15/h3-7,10-12,15H,8-9,13H2,1-2H3,(H,22,25)(H,23,26). The van der Waals surface area contributed by atoms with Crippen LogP contribution in [0.5, 0.6) is 0 Å². The van der Waals surface area contributed by atoms with Crippen molar-refractivity contribution in [2.24, 2.45) is 5.92 Å². The van der Waals surface area contributed by atoms with E-state index in [1.165, 1.54) is 4.90 Å². The number of aryl methyl sites for hydroxylation is 1. The van der Waals surface area contributed by atoms with Crippen LogP contribution in [0.4, 0.5) is 11.4 Å². The van der Waals surface area contributed by atoms with Crippen LogP contribution in [-0.2, 0) is 9.59 Å². The Labute approximate surface area is 158 Å². The van der Waals surface area contributed by atoms with Crippen molar-refractivity contribution in [2.75, 3.05) is 24.2 Å². The van der Waals surface area contributed by atoms with Gasteiger partial charge in [-0.05, 0) is 50.1 Å². The number of likely N-dealkylation sites (N-methyl/N-ethyl adjacent to an activating group) is 1. The van der Waals surface area contributed by atoms with E-state index in [0.717, 1.165) is 18.4 Å². The molecule has 0 saturated heterocycles. The smallest absolute Gasteiger partial charge is 0.254 e. The van der Waals surface area contributed by atoms with Crippen molar-refractivity contribution in [3.05, 3.63) is 59.7 Å². The van der Waals surface area contributed by atoms with Crippen molar-refractivity contribution in [2.45, 2.75) is 19.8 Å². The number of anilines is 2. The van der Waals surface area contributed by atoms with Crippen LogP contribution in [0.15, 0.2) is 48.5 Å². The molecule has 0 atom stereocenters. The lowest BCUT2D eigenvalue weighted by atomic mass is 10.1. The van der Waals surface area contributed by atoms with E-state index < -0.39 is 0 Å². The predicted molar refractivity (Wildman–Crippen MR) is 105 cm³/mol. The van der Waals surface area contributed by atoms with Crippen molar-refractivity contribution in [3.63, 3.8) is 0 Å². The molecule has 1 saturated carbocycles. The van der Waals surface area contributed by atoms with E-state index >= 15 is 0 Å². The molecular formula is C21H23N3O3. The highest BCUT2D eigenvalue weighted by atomic mass is 16.2. The second-order valence-corrected chi connectivity index (χ2v) is 6.92. The van der Waals surface area contributed by atoms with Gasteiger partial charge in [-0.2, -0.15) is 0 Å². The summed E-state index contributed by atoms with van der Waals surface area (Å²) in [6.07, 6.45) is 1.84. The van der Waals surface area contributed by atoms with Crippen LogP contribution in [0, 0.1) is 12.8 Å². The molecule has 6 nitrogen and oxygen atoms in total. The van der Waals surface area contributed by atoms with Crippen molar-refractivity contribution in [3.8, 4) is 0 Å². The van der Waals surface area contributed by atoms with Crippen LogP contribution < -0.4 is 10.6 Å². The van der Waals surface area contributed by atoms with Crippen molar-refractivity contribution in [1.29, 1.82) is 0 Å². The number of carbonyl (C=O) groups excluding carboxylic acids is 3. The van der Waals surface area contributed by atoms with Crippen LogP contribution in [0.1, 0.15) is 28.8 Å². The molecule has 0 aromatic heterocycles. The summed E-state index contributed by atoms with van der Waals surface area (Å²) < 4.78 is 0.